The molecule has 1 aromatic heterocycles. The molecule has 1 aromatic carbocycles. The van der Waals surface area contributed by atoms with Crippen LogP contribution in [-0.4, -0.2) is 40.5 Å². The molecule has 29 heavy (non-hydrogen) atoms. The van der Waals surface area contributed by atoms with Crippen molar-refractivity contribution in [2.45, 2.75) is 44.8 Å². The highest BCUT2D eigenvalue weighted by atomic mass is 32.2. The number of nitrogens with one attached hydrogen (secondary N) is 1. The Kier molecular flexibility index (Phi) is 5.06. The maximum absolute atomic E-state index is 13.3. The lowest BCUT2D eigenvalue weighted by molar-refractivity contribution is -0.118. The van der Waals surface area contributed by atoms with Gasteiger partial charge in [-0.05, 0) is 23.7 Å². The molecule has 8 heteroatoms. The van der Waals surface area contributed by atoms with E-state index < -0.39 is 6.04 Å². The van der Waals surface area contributed by atoms with Crippen LogP contribution >= 0.6 is 11.8 Å². The molecule has 1 aliphatic heterocycles. The number of carbonyl (C=O) groups is 1. The third-order valence-electron chi connectivity index (χ3n) is 5.31. The van der Waals surface area contributed by atoms with E-state index in [1.54, 1.807) is 26.0 Å². The number of methoxy groups -OCH3 is 2. The van der Waals surface area contributed by atoms with Gasteiger partial charge in [0.15, 0.2) is 17.3 Å². The van der Waals surface area contributed by atoms with Gasteiger partial charge in [0.25, 0.3) is 0 Å². The van der Waals surface area contributed by atoms with E-state index in [-0.39, 0.29) is 11.2 Å². The van der Waals surface area contributed by atoms with Crippen LogP contribution in [0.15, 0.2) is 34.6 Å². The van der Waals surface area contributed by atoms with Gasteiger partial charge in [0.1, 0.15) is 6.04 Å². The molecule has 2 aliphatic rings. The number of benzene rings is 1. The Morgan fingerprint density at radius 3 is 2.76 bits per heavy atom. The Bertz CT molecular complexity index is 996. The number of anilines is 1. The van der Waals surface area contributed by atoms with Crippen LogP contribution in [0.1, 0.15) is 45.2 Å². The first-order valence-electron chi connectivity index (χ1n) is 9.72. The van der Waals surface area contributed by atoms with Gasteiger partial charge in [-0.3, -0.25) is 4.79 Å². The molecule has 1 atom stereocenters. The Balaban J connectivity index is 1.94. The number of allylic oxidation sites excluding steroid dienone is 2. The SMILES string of the molecule is CCSc1nc2n(n1)[C@H](c1cccc(OC)c1OC)C1=C(CC(C)(C)CC1=O)N2. The molecule has 0 bridgehead atoms. The molecule has 0 fully saturated rings. The van der Waals surface area contributed by atoms with Crippen molar-refractivity contribution in [3.63, 3.8) is 0 Å². The smallest absolute Gasteiger partial charge is 0.227 e. The van der Waals surface area contributed by atoms with Crippen LogP contribution in [0, 0.1) is 5.41 Å². The molecule has 0 unspecified atom stereocenters. The number of thioether (sulfide) groups is 1. The molecule has 0 spiro atoms. The Hall–Kier alpha value is -2.48. The highest BCUT2D eigenvalue weighted by molar-refractivity contribution is 7.99. The second-order valence-corrected chi connectivity index (χ2v) is 9.27. The maximum atomic E-state index is 13.3. The van der Waals surface area contributed by atoms with Crippen molar-refractivity contribution in [1.82, 2.24) is 14.8 Å². The highest BCUT2D eigenvalue weighted by Crippen LogP contribution is 2.48. The number of Topliss-reactive ketones (excluding diaryl/α,β-unsaturated/α-hetero) is 1. The van der Waals surface area contributed by atoms with E-state index in [2.05, 4.69) is 31.1 Å². The zero-order valence-electron chi connectivity index (χ0n) is 17.4. The van der Waals surface area contributed by atoms with E-state index in [0.29, 0.717) is 29.0 Å². The summed E-state index contributed by atoms with van der Waals surface area (Å²) in [6, 6.07) is 5.32. The van der Waals surface area contributed by atoms with E-state index in [0.717, 1.165) is 29.0 Å². The first-order chi connectivity index (χ1) is 13.9. The normalized spacial score (nSPS) is 20.0. The van der Waals surface area contributed by atoms with E-state index in [1.165, 1.54) is 0 Å². The number of rotatable bonds is 5. The van der Waals surface area contributed by atoms with Gasteiger partial charge in [-0.2, -0.15) is 4.98 Å². The van der Waals surface area contributed by atoms with Crippen molar-refractivity contribution < 1.29 is 14.3 Å². The number of para-hydroxylation sites is 1. The highest BCUT2D eigenvalue weighted by Gasteiger charge is 2.43. The van der Waals surface area contributed by atoms with Gasteiger partial charge >= 0.3 is 0 Å². The number of hydrogen-bond donors (Lipinski definition) is 1. The van der Waals surface area contributed by atoms with Crippen molar-refractivity contribution in [3.05, 3.63) is 35.0 Å². The monoisotopic (exact) mass is 414 g/mol. The molecule has 0 saturated carbocycles. The van der Waals surface area contributed by atoms with Crippen molar-refractivity contribution in [2.24, 2.45) is 5.41 Å². The minimum absolute atomic E-state index is 0.102. The predicted molar refractivity (Wildman–Crippen MR) is 113 cm³/mol. The zero-order valence-corrected chi connectivity index (χ0v) is 18.2. The summed E-state index contributed by atoms with van der Waals surface area (Å²) in [5.41, 5.74) is 2.40. The fourth-order valence-corrected chi connectivity index (χ4v) is 4.75. The minimum atomic E-state index is -0.409. The van der Waals surface area contributed by atoms with Crippen LogP contribution in [-0.2, 0) is 4.79 Å². The van der Waals surface area contributed by atoms with Crippen molar-refractivity contribution in [2.75, 3.05) is 25.3 Å². The fourth-order valence-electron chi connectivity index (χ4n) is 4.19. The van der Waals surface area contributed by atoms with Crippen LogP contribution in [0.25, 0.3) is 0 Å². The van der Waals surface area contributed by atoms with Gasteiger partial charge < -0.3 is 14.8 Å². The molecule has 154 valence electrons. The van der Waals surface area contributed by atoms with E-state index in [4.69, 9.17) is 14.6 Å². The first-order valence-corrected chi connectivity index (χ1v) is 10.7. The summed E-state index contributed by atoms with van der Waals surface area (Å²) < 4.78 is 13.0. The Labute approximate surface area is 174 Å². The molecule has 4 rings (SSSR count). The molecule has 1 N–H and O–H groups in total. The number of ketones is 1. The summed E-state index contributed by atoms with van der Waals surface area (Å²) in [5.74, 6) is 2.89. The predicted octanol–water partition coefficient (Wildman–Crippen LogP) is 4.07. The molecular formula is C21H26N4O3S. The molecule has 2 heterocycles. The molecule has 0 saturated heterocycles. The van der Waals surface area contributed by atoms with Gasteiger partial charge in [-0.25, -0.2) is 4.68 Å². The third kappa shape index (κ3) is 3.39. The number of fused-ring (bicyclic) bond motifs is 1. The van der Waals surface area contributed by atoms with Gasteiger partial charge in [0.2, 0.25) is 11.1 Å². The molecule has 1 aliphatic carbocycles. The lowest BCUT2D eigenvalue weighted by atomic mass is 9.73. The van der Waals surface area contributed by atoms with Crippen LogP contribution in [0.4, 0.5) is 5.95 Å². The summed E-state index contributed by atoms with van der Waals surface area (Å²) in [4.78, 5) is 18.0. The van der Waals surface area contributed by atoms with Crippen LogP contribution in [0.2, 0.25) is 0 Å². The van der Waals surface area contributed by atoms with Crippen molar-refractivity contribution in [1.29, 1.82) is 0 Å². The lowest BCUT2D eigenvalue weighted by Gasteiger charge is -2.38. The van der Waals surface area contributed by atoms with Gasteiger partial charge in [0, 0.05) is 23.3 Å². The summed E-state index contributed by atoms with van der Waals surface area (Å²) >= 11 is 1.58. The number of aromatic nitrogens is 3. The quantitative estimate of drug-likeness (QED) is 0.739. The van der Waals surface area contributed by atoms with Gasteiger partial charge in [-0.1, -0.05) is 44.7 Å². The minimum Gasteiger partial charge on any atom is -0.493 e. The van der Waals surface area contributed by atoms with Gasteiger partial charge in [0.05, 0.1) is 14.2 Å². The standard InChI is InChI=1S/C21H26N4O3S/c1-6-29-20-23-19-22-13-10-21(2,3)11-14(26)16(13)17(25(19)24-20)12-8-7-9-15(27-4)18(12)28-5/h7-9,17H,6,10-11H2,1-5H3,(H,22,23,24)/t17-/m1/s1. The summed E-state index contributed by atoms with van der Waals surface area (Å²) in [7, 11) is 3.23. The molecule has 7 nitrogen and oxygen atoms in total. The first kappa shape index (κ1) is 19.8. The maximum Gasteiger partial charge on any atom is 0.227 e. The third-order valence-corrected chi connectivity index (χ3v) is 6.03. The Morgan fingerprint density at radius 1 is 1.28 bits per heavy atom. The molecule has 0 radical (unpaired) electrons. The zero-order chi connectivity index (χ0) is 20.8. The summed E-state index contributed by atoms with van der Waals surface area (Å²) in [6.45, 7) is 6.31. The second-order valence-electron chi connectivity index (χ2n) is 8.04. The topological polar surface area (TPSA) is 78.3 Å². The summed E-state index contributed by atoms with van der Waals surface area (Å²) in [5, 5.41) is 8.79. The van der Waals surface area contributed by atoms with Crippen molar-refractivity contribution in [3.8, 4) is 11.5 Å². The van der Waals surface area contributed by atoms with E-state index >= 15 is 0 Å². The number of ether oxygens (including phenoxy) is 2. The molecule has 2 aromatic rings. The number of nitrogens with zero attached hydrogens (tertiary/aromatic N) is 3. The molecule has 0 amide bonds. The van der Waals surface area contributed by atoms with E-state index in [9.17, 15) is 4.79 Å². The lowest BCUT2D eigenvalue weighted by Crippen LogP contribution is -2.36. The van der Waals surface area contributed by atoms with Gasteiger partial charge in [-0.15, -0.1) is 5.10 Å². The second kappa shape index (κ2) is 7.40. The average Bonchev–Trinajstić information content (AvgIpc) is 3.06. The molecular weight excluding hydrogens is 388 g/mol. The Morgan fingerprint density at radius 2 is 2.07 bits per heavy atom. The van der Waals surface area contributed by atoms with Crippen LogP contribution in [0.3, 0.4) is 0 Å². The number of carbonyl (C=O) groups excluding carboxylic acids is 1. The summed E-state index contributed by atoms with van der Waals surface area (Å²) in [6.07, 6.45) is 1.27. The fraction of sp³-hybridized carbons (Fsp3) is 0.476. The van der Waals surface area contributed by atoms with Crippen LogP contribution < -0.4 is 14.8 Å². The van der Waals surface area contributed by atoms with Crippen LogP contribution in [0.5, 0.6) is 11.5 Å². The van der Waals surface area contributed by atoms with Crippen molar-refractivity contribution >= 4 is 23.5 Å². The number of hydrogen-bond acceptors (Lipinski definition) is 7. The van der Waals surface area contributed by atoms with E-state index in [1.807, 2.05) is 22.9 Å². The average molecular weight is 415 g/mol. The largest absolute Gasteiger partial charge is 0.493 e.